The van der Waals surface area contributed by atoms with Crippen LogP contribution in [0.5, 0.6) is 0 Å². The van der Waals surface area contributed by atoms with Gasteiger partial charge in [-0.2, -0.15) is 0 Å². The first kappa shape index (κ1) is 29.4. The number of carboxylic acids is 1. The molecule has 2 aromatic rings. The molecule has 1 saturated heterocycles. The van der Waals surface area contributed by atoms with Gasteiger partial charge in [0.25, 0.3) is 5.91 Å². The number of aliphatic carboxylic acids is 1. The molecule has 3 atom stereocenters. The van der Waals surface area contributed by atoms with Crippen LogP contribution in [0.25, 0.3) is 0 Å². The van der Waals surface area contributed by atoms with Crippen molar-refractivity contribution in [3.05, 3.63) is 65.7 Å². The van der Waals surface area contributed by atoms with E-state index in [1.807, 2.05) is 0 Å². The van der Waals surface area contributed by atoms with Crippen LogP contribution in [-0.4, -0.2) is 75.6 Å². The lowest BCUT2D eigenvalue weighted by molar-refractivity contribution is -0.186. The van der Waals surface area contributed by atoms with Crippen molar-refractivity contribution >= 4 is 47.1 Å². The number of Topliss-reactive ketones (excluding diaryl/α,β-unsaturated/α-hetero) is 1. The number of nitrogens with one attached hydrogen (secondary N) is 1. The number of hydroxylamine groups is 2. The summed E-state index contributed by atoms with van der Waals surface area (Å²) < 4.78 is 0. The van der Waals surface area contributed by atoms with Crippen LogP contribution in [0.15, 0.2) is 54.6 Å². The van der Waals surface area contributed by atoms with Crippen LogP contribution in [0.3, 0.4) is 0 Å². The fourth-order valence-electron chi connectivity index (χ4n) is 4.17. The third-order valence-electron chi connectivity index (χ3n) is 6.52. The van der Waals surface area contributed by atoms with Crippen molar-refractivity contribution in [2.45, 2.75) is 37.9 Å². The Hall–Kier alpha value is -5.11. The lowest BCUT2D eigenvalue weighted by atomic mass is 9.90. The van der Waals surface area contributed by atoms with E-state index in [0.29, 0.717) is 16.0 Å². The summed E-state index contributed by atoms with van der Waals surface area (Å²) in [5, 5.41) is 16.8. The Balaban J connectivity index is 1.97. The summed E-state index contributed by atoms with van der Waals surface area (Å²) in [5.74, 6) is -5.98. The van der Waals surface area contributed by atoms with Crippen LogP contribution in [0.4, 0.5) is 10.5 Å². The average Bonchev–Trinajstić information content (AvgIpc) is 3.07. The zero-order valence-electron chi connectivity index (χ0n) is 21.9. The number of urea groups is 1. The second kappa shape index (κ2) is 11.3. The molecule has 40 heavy (non-hydrogen) atoms. The fourth-order valence-corrected chi connectivity index (χ4v) is 4.17. The third-order valence-corrected chi connectivity index (χ3v) is 6.52. The van der Waals surface area contributed by atoms with Gasteiger partial charge in [0, 0.05) is 18.3 Å². The number of hydrogen-bond acceptors (Lipinski definition) is 9. The van der Waals surface area contributed by atoms with Crippen molar-refractivity contribution in [2.75, 3.05) is 11.9 Å². The molecule has 0 saturated carbocycles. The number of carbonyl (C=O) groups excluding carboxylic acids is 5. The molecule has 0 aromatic heterocycles. The van der Waals surface area contributed by atoms with Crippen molar-refractivity contribution in [2.24, 2.45) is 11.5 Å². The number of anilines is 1. The number of carbonyl (C=O) groups is 6. The van der Waals surface area contributed by atoms with Crippen LogP contribution in [0.2, 0.25) is 0 Å². The zero-order valence-corrected chi connectivity index (χ0v) is 21.9. The molecule has 1 heterocycles. The van der Waals surface area contributed by atoms with E-state index in [9.17, 15) is 28.8 Å². The standard InChI is InChI=1S/C26H28N6O8/c1-14(33)20(31(17-7-5-4-6-8-17)22(36)18(27)13-19(34)35)23(37)40-32-24(38)26(2,30(3)25(32)39)16-11-9-15(10-12-16)21(28)29/h4-12,18,20H,13,27H2,1-3H3,(H3,28,29)(H,34,35)/t18-,20-,26+/m0/s1. The van der Waals surface area contributed by atoms with E-state index >= 15 is 0 Å². The monoisotopic (exact) mass is 552 g/mol. The molecule has 210 valence electrons. The second-order valence-electron chi connectivity index (χ2n) is 9.18. The van der Waals surface area contributed by atoms with E-state index in [1.165, 1.54) is 62.5 Å². The first-order valence-corrected chi connectivity index (χ1v) is 11.9. The molecule has 0 bridgehead atoms. The summed E-state index contributed by atoms with van der Waals surface area (Å²) in [6.45, 7) is 2.40. The van der Waals surface area contributed by atoms with Crippen molar-refractivity contribution in [3.63, 3.8) is 0 Å². The summed E-state index contributed by atoms with van der Waals surface area (Å²) >= 11 is 0. The predicted octanol–water partition coefficient (Wildman–Crippen LogP) is 0.331. The molecule has 0 spiro atoms. The molecular weight excluding hydrogens is 524 g/mol. The number of rotatable bonds is 10. The SMILES string of the molecule is CC(=O)[C@@H](C(=O)ON1C(=O)N(C)[C@](C)(c2ccc(C(=N)N)cc2)C1=O)N(C(=O)[C@@H](N)CC(=O)O)c1ccccc1. The van der Waals surface area contributed by atoms with Gasteiger partial charge in [0.2, 0.25) is 5.91 Å². The molecule has 2 aromatic carbocycles. The number of nitrogen functional groups attached to an aromatic ring is 1. The summed E-state index contributed by atoms with van der Waals surface area (Å²) in [5.41, 5.74) is 10.3. The third kappa shape index (κ3) is 5.37. The largest absolute Gasteiger partial charge is 0.481 e. The highest BCUT2D eigenvalue weighted by Crippen LogP contribution is 2.36. The Morgan fingerprint density at radius 2 is 1.65 bits per heavy atom. The summed E-state index contributed by atoms with van der Waals surface area (Å²) in [7, 11) is 1.31. The van der Waals surface area contributed by atoms with Gasteiger partial charge in [-0.3, -0.25) is 29.5 Å². The maximum Gasteiger partial charge on any atom is 0.363 e. The number of likely N-dealkylation sites (N-methyl/N-ethyl adjacent to an activating group) is 1. The molecule has 14 nitrogen and oxygen atoms in total. The number of hydrogen-bond donors (Lipinski definition) is 4. The molecule has 14 heteroatoms. The van der Waals surface area contributed by atoms with Gasteiger partial charge in [-0.05, 0) is 31.5 Å². The van der Waals surface area contributed by atoms with Crippen molar-refractivity contribution < 1.29 is 38.7 Å². The minimum Gasteiger partial charge on any atom is -0.481 e. The molecule has 3 rings (SSSR count). The summed E-state index contributed by atoms with van der Waals surface area (Å²) in [4.78, 5) is 83.8. The smallest absolute Gasteiger partial charge is 0.363 e. The predicted molar refractivity (Wildman–Crippen MR) is 140 cm³/mol. The number of nitrogens with zero attached hydrogens (tertiary/aromatic N) is 3. The van der Waals surface area contributed by atoms with Crippen molar-refractivity contribution in [1.82, 2.24) is 9.96 Å². The first-order chi connectivity index (χ1) is 18.7. The lowest BCUT2D eigenvalue weighted by Gasteiger charge is -2.31. The quantitative estimate of drug-likeness (QED) is 0.137. The van der Waals surface area contributed by atoms with Gasteiger partial charge >= 0.3 is 18.0 Å². The van der Waals surface area contributed by atoms with Gasteiger partial charge in [-0.1, -0.05) is 47.5 Å². The topological polar surface area (TPSA) is 217 Å². The number of amidine groups is 1. The van der Waals surface area contributed by atoms with E-state index in [2.05, 4.69) is 0 Å². The lowest BCUT2D eigenvalue weighted by Crippen LogP contribution is -2.56. The van der Waals surface area contributed by atoms with Gasteiger partial charge < -0.3 is 26.3 Å². The number of carboxylic acid groups (broad SMARTS) is 1. The minimum atomic E-state index is -2.01. The van der Waals surface area contributed by atoms with Gasteiger partial charge in [0.1, 0.15) is 11.4 Å². The van der Waals surface area contributed by atoms with E-state index < -0.39 is 59.6 Å². The maximum absolute atomic E-state index is 13.5. The molecule has 0 radical (unpaired) electrons. The summed E-state index contributed by atoms with van der Waals surface area (Å²) in [6, 6.07) is 8.66. The Labute approximate surface area is 228 Å². The average molecular weight is 553 g/mol. The highest BCUT2D eigenvalue weighted by atomic mass is 16.7. The minimum absolute atomic E-state index is 0.0251. The highest BCUT2D eigenvalue weighted by molar-refractivity contribution is 6.15. The van der Waals surface area contributed by atoms with Gasteiger partial charge in [0.05, 0.1) is 12.5 Å². The van der Waals surface area contributed by atoms with E-state index in [1.54, 1.807) is 6.07 Å². The first-order valence-electron chi connectivity index (χ1n) is 11.9. The molecule has 6 N–H and O–H groups in total. The second-order valence-corrected chi connectivity index (χ2v) is 9.18. The molecule has 0 aliphatic carbocycles. The fraction of sp³-hybridized carbons (Fsp3) is 0.269. The number of imide groups is 1. The van der Waals surface area contributed by atoms with E-state index in [-0.39, 0.29) is 16.6 Å². The number of benzene rings is 2. The molecule has 1 fully saturated rings. The Morgan fingerprint density at radius 3 is 2.15 bits per heavy atom. The van der Waals surface area contributed by atoms with Crippen molar-refractivity contribution in [1.29, 1.82) is 5.41 Å². The highest BCUT2D eigenvalue weighted by Gasteiger charge is 2.56. The molecule has 0 unspecified atom stereocenters. The number of nitrogens with two attached hydrogens (primary N) is 2. The molecule has 4 amide bonds. The Morgan fingerprint density at radius 1 is 1.07 bits per heavy atom. The number of amides is 4. The van der Waals surface area contributed by atoms with Gasteiger partial charge in [0.15, 0.2) is 11.8 Å². The number of para-hydroxylation sites is 1. The van der Waals surface area contributed by atoms with Gasteiger partial charge in [-0.25, -0.2) is 9.59 Å². The van der Waals surface area contributed by atoms with Crippen LogP contribution in [-0.2, 0) is 34.3 Å². The normalized spacial score (nSPS) is 18.2. The van der Waals surface area contributed by atoms with Crippen LogP contribution in [0, 0.1) is 5.41 Å². The van der Waals surface area contributed by atoms with Gasteiger partial charge in [-0.15, -0.1) is 0 Å². The van der Waals surface area contributed by atoms with E-state index in [0.717, 1.165) is 11.8 Å². The molecular formula is C26H28N6O8. The van der Waals surface area contributed by atoms with E-state index in [4.69, 9.17) is 26.8 Å². The van der Waals surface area contributed by atoms with Crippen LogP contribution >= 0.6 is 0 Å². The van der Waals surface area contributed by atoms with Crippen LogP contribution in [0.1, 0.15) is 31.4 Å². The Kier molecular flexibility index (Phi) is 8.34. The molecule has 1 aliphatic rings. The number of ketones is 1. The Bertz CT molecular complexity index is 1380. The zero-order chi connectivity index (χ0) is 29.9. The van der Waals surface area contributed by atoms with Crippen LogP contribution < -0.4 is 16.4 Å². The summed E-state index contributed by atoms with van der Waals surface area (Å²) in [6.07, 6.45) is -0.795. The maximum atomic E-state index is 13.5. The van der Waals surface area contributed by atoms with Crippen molar-refractivity contribution in [3.8, 4) is 0 Å². The molecule has 1 aliphatic heterocycles.